The van der Waals surface area contributed by atoms with Crippen LogP contribution in [0.15, 0.2) is 53.4 Å². The van der Waals surface area contributed by atoms with Crippen molar-refractivity contribution in [3.05, 3.63) is 59.9 Å². The van der Waals surface area contributed by atoms with Crippen molar-refractivity contribution in [3.63, 3.8) is 0 Å². The fraction of sp³-hybridized carbons (Fsp3) is 0.222. The van der Waals surface area contributed by atoms with Gasteiger partial charge in [0.1, 0.15) is 5.82 Å². The number of hydrogen-bond donors (Lipinski definition) is 3. The molecule has 0 bridgehead atoms. The number of hydrogen-bond acceptors (Lipinski definition) is 4. The third-order valence-electron chi connectivity index (χ3n) is 3.50. The van der Waals surface area contributed by atoms with Crippen molar-refractivity contribution < 1.29 is 22.4 Å². The zero-order valence-corrected chi connectivity index (χ0v) is 15.5. The number of carbonyl (C=O) groups excluding carboxylic acids is 2. The Morgan fingerprint density at radius 3 is 2.19 bits per heavy atom. The van der Waals surface area contributed by atoms with E-state index in [0.717, 1.165) is 0 Å². The first-order valence-corrected chi connectivity index (χ1v) is 9.63. The first-order chi connectivity index (χ1) is 12.8. The van der Waals surface area contributed by atoms with Gasteiger partial charge >= 0.3 is 0 Å². The second kappa shape index (κ2) is 9.24. The number of rotatable bonds is 8. The lowest BCUT2D eigenvalue weighted by Gasteiger charge is -2.09. The molecule has 0 aliphatic carbocycles. The zero-order chi connectivity index (χ0) is 19.9. The van der Waals surface area contributed by atoms with Gasteiger partial charge in [0.15, 0.2) is 0 Å². The van der Waals surface area contributed by atoms with Crippen LogP contribution >= 0.6 is 0 Å². The highest BCUT2D eigenvalue weighted by Crippen LogP contribution is 2.13. The first-order valence-electron chi connectivity index (χ1n) is 8.15. The molecule has 0 radical (unpaired) electrons. The summed E-state index contributed by atoms with van der Waals surface area (Å²) in [5, 5.41) is 5.14. The summed E-state index contributed by atoms with van der Waals surface area (Å²) in [4.78, 5) is 22.8. The number of sulfonamides is 1. The Morgan fingerprint density at radius 2 is 1.59 bits per heavy atom. The van der Waals surface area contributed by atoms with E-state index in [1.807, 2.05) is 0 Å². The topological polar surface area (TPSA) is 104 Å². The van der Waals surface area contributed by atoms with E-state index in [4.69, 9.17) is 0 Å². The molecule has 0 fully saturated rings. The molecule has 0 aliphatic rings. The van der Waals surface area contributed by atoms with Gasteiger partial charge < -0.3 is 10.6 Å². The average molecular weight is 393 g/mol. The quantitative estimate of drug-likeness (QED) is 0.590. The molecule has 0 saturated heterocycles. The lowest BCUT2D eigenvalue weighted by atomic mass is 10.1. The summed E-state index contributed by atoms with van der Waals surface area (Å²) in [7, 11) is -3.72. The van der Waals surface area contributed by atoms with Crippen LogP contribution in [0.1, 0.15) is 12.5 Å². The van der Waals surface area contributed by atoms with E-state index in [1.165, 1.54) is 55.5 Å². The van der Waals surface area contributed by atoms with Crippen molar-refractivity contribution in [3.8, 4) is 0 Å². The molecule has 2 rings (SSSR count). The minimum atomic E-state index is -3.72. The van der Waals surface area contributed by atoms with Crippen LogP contribution in [0, 0.1) is 5.82 Å². The van der Waals surface area contributed by atoms with Crippen molar-refractivity contribution in [2.45, 2.75) is 18.2 Å². The van der Waals surface area contributed by atoms with Crippen LogP contribution in [-0.4, -0.2) is 33.3 Å². The molecule has 0 saturated carbocycles. The number of carbonyl (C=O) groups is 2. The van der Waals surface area contributed by atoms with Crippen LogP contribution in [0.3, 0.4) is 0 Å². The Kier molecular flexibility index (Phi) is 7.03. The molecule has 2 aromatic carbocycles. The molecular formula is C18H20FN3O4S. The highest BCUT2D eigenvalue weighted by Gasteiger charge is 2.13. The van der Waals surface area contributed by atoms with Crippen LogP contribution in [0.4, 0.5) is 10.1 Å². The Bertz CT molecular complexity index is 897. The molecule has 27 heavy (non-hydrogen) atoms. The Morgan fingerprint density at radius 1 is 0.963 bits per heavy atom. The molecule has 2 aromatic rings. The molecule has 0 heterocycles. The molecular weight excluding hydrogens is 373 g/mol. The summed E-state index contributed by atoms with van der Waals surface area (Å²) in [5.74, 6) is -0.917. The van der Waals surface area contributed by atoms with Gasteiger partial charge in [-0.25, -0.2) is 17.5 Å². The Balaban J connectivity index is 1.78. The number of amides is 2. The Labute approximate surface area is 157 Å². The maximum atomic E-state index is 12.8. The van der Waals surface area contributed by atoms with Crippen LogP contribution in [-0.2, 0) is 26.0 Å². The van der Waals surface area contributed by atoms with E-state index in [0.29, 0.717) is 11.3 Å². The highest BCUT2D eigenvalue weighted by molar-refractivity contribution is 7.89. The largest absolute Gasteiger partial charge is 0.355 e. The van der Waals surface area contributed by atoms with Crippen molar-refractivity contribution in [1.82, 2.24) is 10.0 Å². The SMILES string of the molecule is CC(=O)Nc1ccc(S(=O)(=O)NCCNC(=O)Cc2ccc(F)cc2)cc1. The lowest BCUT2D eigenvalue weighted by Crippen LogP contribution is -2.35. The smallest absolute Gasteiger partial charge is 0.240 e. The third-order valence-corrected chi connectivity index (χ3v) is 4.98. The number of halogens is 1. The van der Waals surface area contributed by atoms with Gasteiger partial charge in [-0.15, -0.1) is 0 Å². The van der Waals surface area contributed by atoms with E-state index in [1.54, 1.807) is 0 Å². The fourth-order valence-corrected chi connectivity index (χ4v) is 3.27. The fourth-order valence-electron chi connectivity index (χ4n) is 2.24. The van der Waals surface area contributed by atoms with E-state index >= 15 is 0 Å². The summed E-state index contributed by atoms with van der Waals surface area (Å²) in [6.45, 7) is 1.49. The third kappa shape index (κ3) is 6.80. The van der Waals surface area contributed by atoms with Crippen molar-refractivity contribution in [2.24, 2.45) is 0 Å². The molecule has 0 aliphatic heterocycles. The molecule has 144 valence electrons. The summed E-state index contributed by atoms with van der Waals surface area (Å²) in [6, 6.07) is 11.3. The molecule has 0 unspecified atom stereocenters. The van der Waals surface area contributed by atoms with Crippen LogP contribution in [0.5, 0.6) is 0 Å². The standard InChI is InChI=1S/C18H20FN3O4S/c1-13(23)22-16-6-8-17(9-7-16)27(25,26)21-11-10-20-18(24)12-14-2-4-15(19)5-3-14/h2-9,21H,10-12H2,1H3,(H,20,24)(H,22,23). The van der Waals surface area contributed by atoms with Crippen LogP contribution < -0.4 is 15.4 Å². The summed E-state index contributed by atoms with van der Waals surface area (Å²) in [6.07, 6.45) is 0.0810. The molecule has 0 atom stereocenters. The second-order valence-corrected chi connectivity index (χ2v) is 7.52. The number of anilines is 1. The maximum absolute atomic E-state index is 12.8. The van der Waals surface area contributed by atoms with Gasteiger partial charge in [0, 0.05) is 25.7 Å². The molecule has 7 nitrogen and oxygen atoms in total. The molecule has 2 amide bonds. The van der Waals surface area contributed by atoms with Gasteiger partial charge in [0.2, 0.25) is 21.8 Å². The van der Waals surface area contributed by atoms with Crippen LogP contribution in [0.25, 0.3) is 0 Å². The van der Waals surface area contributed by atoms with Gasteiger partial charge in [-0.05, 0) is 42.0 Å². The predicted molar refractivity (Wildman–Crippen MR) is 99.0 cm³/mol. The minimum absolute atomic E-state index is 0.0188. The molecule has 3 N–H and O–H groups in total. The summed E-state index contributed by atoms with van der Waals surface area (Å²) >= 11 is 0. The normalized spacial score (nSPS) is 11.0. The van der Waals surface area contributed by atoms with Gasteiger partial charge in [-0.3, -0.25) is 9.59 Å². The second-order valence-electron chi connectivity index (χ2n) is 5.76. The number of nitrogens with one attached hydrogen (secondary N) is 3. The van der Waals surface area contributed by atoms with E-state index in [9.17, 15) is 22.4 Å². The van der Waals surface area contributed by atoms with Crippen molar-refractivity contribution >= 4 is 27.5 Å². The van der Waals surface area contributed by atoms with E-state index in [-0.39, 0.29) is 42.0 Å². The van der Waals surface area contributed by atoms with E-state index < -0.39 is 10.0 Å². The van der Waals surface area contributed by atoms with Crippen LogP contribution in [0.2, 0.25) is 0 Å². The lowest BCUT2D eigenvalue weighted by molar-refractivity contribution is -0.120. The Hall–Kier alpha value is -2.78. The maximum Gasteiger partial charge on any atom is 0.240 e. The predicted octanol–water partition coefficient (Wildman–Crippen LogP) is 1.42. The van der Waals surface area contributed by atoms with Gasteiger partial charge in [-0.1, -0.05) is 12.1 Å². The van der Waals surface area contributed by atoms with Gasteiger partial charge in [0.05, 0.1) is 11.3 Å². The van der Waals surface area contributed by atoms with Crippen molar-refractivity contribution in [2.75, 3.05) is 18.4 Å². The first kappa shape index (κ1) is 20.5. The summed E-state index contributed by atoms with van der Waals surface area (Å²) < 4.78 is 39.6. The van der Waals surface area contributed by atoms with Gasteiger partial charge in [0.25, 0.3) is 0 Å². The van der Waals surface area contributed by atoms with Crippen molar-refractivity contribution in [1.29, 1.82) is 0 Å². The number of benzene rings is 2. The molecule has 0 spiro atoms. The summed E-state index contributed by atoms with van der Waals surface area (Å²) in [5.41, 5.74) is 1.16. The van der Waals surface area contributed by atoms with E-state index in [2.05, 4.69) is 15.4 Å². The highest BCUT2D eigenvalue weighted by atomic mass is 32.2. The zero-order valence-electron chi connectivity index (χ0n) is 14.7. The monoisotopic (exact) mass is 393 g/mol. The molecule has 9 heteroatoms. The molecule has 0 aromatic heterocycles. The average Bonchev–Trinajstić information content (AvgIpc) is 2.61. The van der Waals surface area contributed by atoms with Gasteiger partial charge in [-0.2, -0.15) is 0 Å². The minimum Gasteiger partial charge on any atom is -0.355 e.